The van der Waals surface area contributed by atoms with Crippen LogP contribution in [0.3, 0.4) is 0 Å². The monoisotopic (exact) mass is 428 g/mol. The maximum Gasteiger partial charge on any atom is 0.263 e. The van der Waals surface area contributed by atoms with E-state index in [9.17, 15) is 18.8 Å². The Balaban J connectivity index is 1.71. The summed E-state index contributed by atoms with van der Waals surface area (Å²) >= 11 is 0. The van der Waals surface area contributed by atoms with Crippen molar-refractivity contribution in [2.24, 2.45) is 0 Å². The molecule has 1 atom stereocenters. The highest BCUT2D eigenvalue weighted by Gasteiger charge is 2.27. The van der Waals surface area contributed by atoms with Crippen molar-refractivity contribution in [1.29, 1.82) is 0 Å². The number of carbonyl (C=O) groups excluding carboxylic acids is 2. The van der Waals surface area contributed by atoms with Crippen molar-refractivity contribution in [3.05, 3.63) is 64.3 Å². The molecule has 1 fully saturated rings. The summed E-state index contributed by atoms with van der Waals surface area (Å²) in [7, 11) is 4.02. The fraction of sp³-hybridized carbons (Fsp3) is 0.435. The third-order valence-electron chi connectivity index (χ3n) is 5.53. The van der Waals surface area contributed by atoms with Gasteiger partial charge >= 0.3 is 0 Å². The van der Waals surface area contributed by atoms with Crippen LogP contribution in [0.5, 0.6) is 0 Å². The molecule has 1 aliphatic heterocycles. The van der Waals surface area contributed by atoms with Gasteiger partial charge in [0, 0.05) is 24.5 Å². The van der Waals surface area contributed by atoms with Crippen molar-refractivity contribution in [3.63, 3.8) is 0 Å². The number of nitrogens with zero attached hydrogens (tertiary/aromatic N) is 3. The number of halogens is 1. The number of anilines is 1. The number of hydrogen-bond acceptors (Lipinski definition) is 4. The predicted octanol–water partition coefficient (Wildman–Crippen LogP) is 2.57. The van der Waals surface area contributed by atoms with Crippen LogP contribution in [0, 0.1) is 5.82 Å². The van der Waals surface area contributed by atoms with Gasteiger partial charge < -0.3 is 19.7 Å². The van der Waals surface area contributed by atoms with Crippen LogP contribution in [0.2, 0.25) is 0 Å². The third-order valence-corrected chi connectivity index (χ3v) is 5.53. The number of aromatic nitrogens is 1. The second kappa shape index (κ2) is 10.3. The highest BCUT2D eigenvalue weighted by atomic mass is 19.1. The molecule has 2 aromatic rings. The Morgan fingerprint density at radius 2 is 1.90 bits per heavy atom. The van der Waals surface area contributed by atoms with Crippen molar-refractivity contribution in [2.45, 2.75) is 38.3 Å². The van der Waals surface area contributed by atoms with E-state index in [0.29, 0.717) is 12.2 Å². The average Bonchev–Trinajstić information content (AvgIpc) is 2.75. The smallest absolute Gasteiger partial charge is 0.263 e. The fourth-order valence-corrected chi connectivity index (χ4v) is 3.84. The van der Waals surface area contributed by atoms with E-state index < -0.39 is 17.3 Å². The zero-order valence-corrected chi connectivity index (χ0v) is 18.0. The van der Waals surface area contributed by atoms with Gasteiger partial charge in [0.05, 0.1) is 0 Å². The van der Waals surface area contributed by atoms with Crippen molar-refractivity contribution < 1.29 is 14.0 Å². The molecule has 2 amide bonds. The predicted molar refractivity (Wildman–Crippen MR) is 118 cm³/mol. The third kappa shape index (κ3) is 6.01. The molecule has 8 heteroatoms. The number of amides is 2. The Kier molecular flexibility index (Phi) is 7.57. The van der Waals surface area contributed by atoms with Gasteiger partial charge in [-0.3, -0.25) is 14.4 Å². The molecule has 0 saturated carbocycles. The van der Waals surface area contributed by atoms with Gasteiger partial charge in [-0.25, -0.2) is 4.39 Å². The maximum atomic E-state index is 13.1. The second-order valence-corrected chi connectivity index (χ2v) is 8.14. The van der Waals surface area contributed by atoms with Crippen molar-refractivity contribution >= 4 is 17.5 Å². The minimum absolute atomic E-state index is 0.0672. The molecule has 0 radical (unpaired) electrons. The van der Waals surface area contributed by atoms with Gasteiger partial charge in [-0.05, 0) is 82.7 Å². The number of benzene rings is 1. The Labute approximate surface area is 181 Å². The van der Waals surface area contributed by atoms with Crippen LogP contribution in [-0.4, -0.2) is 59.4 Å². The van der Waals surface area contributed by atoms with E-state index in [4.69, 9.17) is 0 Å². The lowest BCUT2D eigenvalue weighted by molar-refractivity contribution is -0.135. The SMILES string of the molecule is CN(C)CCC1CCCCN1C(=O)Cn1cccc(C(=O)Nc2ccc(F)cc2)c1=O. The summed E-state index contributed by atoms with van der Waals surface area (Å²) in [4.78, 5) is 42.4. The summed E-state index contributed by atoms with van der Waals surface area (Å²) < 4.78 is 14.3. The number of likely N-dealkylation sites (tertiary alicyclic amines) is 1. The number of nitrogens with one attached hydrogen (secondary N) is 1. The van der Waals surface area contributed by atoms with Gasteiger partial charge in [0.15, 0.2) is 0 Å². The van der Waals surface area contributed by atoms with Crippen LogP contribution in [0.15, 0.2) is 47.4 Å². The molecule has 0 spiro atoms. The van der Waals surface area contributed by atoms with Crippen LogP contribution in [-0.2, 0) is 11.3 Å². The zero-order chi connectivity index (χ0) is 22.4. The van der Waals surface area contributed by atoms with Crippen LogP contribution >= 0.6 is 0 Å². The van der Waals surface area contributed by atoms with Gasteiger partial charge in [-0.15, -0.1) is 0 Å². The van der Waals surface area contributed by atoms with Gasteiger partial charge in [0.1, 0.15) is 17.9 Å². The minimum atomic E-state index is -0.597. The Morgan fingerprint density at radius 1 is 1.16 bits per heavy atom. The molecule has 0 bridgehead atoms. The lowest BCUT2D eigenvalue weighted by atomic mass is 9.99. The summed E-state index contributed by atoms with van der Waals surface area (Å²) in [6, 6.07) is 8.46. The second-order valence-electron chi connectivity index (χ2n) is 8.14. The molecule has 1 unspecified atom stereocenters. The van der Waals surface area contributed by atoms with E-state index in [1.165, 1.54) is 41.1 Å². The lowest BCUT2D eigenvalue weighted by Crippen LogP contribution is -2.47. The molecular weight excluding hydrogens is 399 g/mol. The maximum absolute atomic E-state index is 13.1. The van der Waals surface area contributed by atoms with E-state index in [0.717, 1.165) is 32.2 Å². The summed E-state index contributed by atoms with van der Waals surface area (Å²) in [5, 5.41) is 2.59. The van der Waals surface area contributed by atoms with E-state index in [1.807, 2.05) is 19.0 Å². The molecule has 1 aliphatic rings. The first-order chi connectivity index (χ1) is 14.8. The average molecular weight is 429 g/mol. The standard InChI is InChI=1S/C23H29FN4O3/c1-26(2)15-12-19-6-3-4-14-28(19)21(29)16-27-13-5-7-20(23(27)31)22(30)25-18-10-8-17(24)9-11-18/h5,7-11,13,19H,3-4,6,12,14-16H2,1-2H3,(H,25,30). The van der Waals surface area contributed by atoms with Gasteiger partial charge in [-0.1, -0.05) is 0 Å². The molecule has 7 nitrogen and oxygen atoms in total. The first kappa shape index (κ1) is 22.7. The molecule has 166 valence electrons. The number of piperidine rings is 1. The first-order valence-electron chi connectivity index (χ1n) is 10.6. The van der Waals surface area contributed by atoms with Gasteiger partial charge in [-0.2, -0.15) is 0 Å². The van der Waals surface area contributed by atoms with E-state index in [-0.39, 0.29) is 24.1 Å². The first-order valence-corrected chi connectivity index (χ1v) is 10.6. The van der Waals surface area contributed by atoms with Crippen LogP contribution < -0.4 is 10.9 Å². The molecule has 1 N–H and O–H groups in total. The molecule has 0 aliphatic carbocycles. The summed E-state index contributed by atoms with van der Waals surface area (Å²) in [5.74, 6) is -1.12. The van der Waals surface area contributed by atoms with E-state index in [2.05, 4.69) is 10.2 Å². The molecule has 1 aromatic carbocycles. The summed E-state index contributed by atoms with van der Waals surface area (Å²) in [6.45, 7) is 1.48. The number of rotatable bonds is 7. The summed E-state index contributed by atoms with van der Waals surface area (Å²) in [6.07, 6.45) is 5.44. The normalized spacial score (nSPS) is 16.4. The highest BCUT2D eigenvalue weighted by Crippen LogP contribution is 2.20. The van der Waals surface area contributed by atoms with Gasteiger partial charge in [0.2, 0.25) is 5.91 Å². The number of pyridine rings is 1. The molecular formula is C23H29FN4O3. The Bertz CT molecular complexity index is 972. The molecule has 1 aromatic heterocycles. The minimum Gasteiger partial charge on any atom is -0.338 e. The van der Waals surface area contributed by atoms with Crippen LogP contribution in [0.1, 0.15) is 36.0 Å². The molecule has 31 heavy (non-hydrogen) atoms. The topological polar surface area (TPSA) is 74.7 Å². The van der Waals surface area contributed by atoms with E-state index in [1.54, 1.807) is 6.07 Å². The molecule has 1 saturated heterocycles. The van der Waals surface area contributed by atoms with Crippen molar-refractivity contribution in [2.75, 3.05) is 32.5 Å². The Morgan fingerprint density at radius 3 is 2.61 bits per heavy atom. The molecule has 3 rings (SSSR count). The van der Waals surface area contributed by atoms with Crippen LogP contribution in [0.4, 0.5) is 10.1 Å². The summed E-state index contributed by atoms with van der Waals surface area (Å²) in [5.41, 5.74) is -0.214. The van der Waals surface area contributed by atoms with Gasteiger partial charge in [0.25, 0.3) is 11.5 Å². The van der Waals surface area contributed by atoms with Crippen LogP contribution in [0.25, 0.3) is 0 Å². The number of carbonyl (C=O) groups is 2. The van der Waals surface area contributed by atoms with E-state index >= 15 is 0 Å². The Hall–Kier alpha value is -3.00. The van der Waals surface area contributed by atoms with Crippen molar-refractivity contribution in [3.8, 4) is 0 Å². The number of hydrogen-bond donors (Lipinski definition) is 1. The quantitative estimate of drug-likeness (QED) is 0.736. The zero-order valence-electron chi connectivity index (χ0n) is 18.0. The lowest BCUT2D eigenvalue weighted by Gasteiger charge is -2.36. The largest absolute Gasteiger partial charge is 0.338 e. The van der Waals surface area contributed by atoms with Crippen molar-refractivity contribution in [1.82, 2.24) is 14.4 Å². The highest BCUT2D eigenvalue weighted by molar-refractivity contribution is 6.04. The fourth-order valence-electron chi connectivity index (χ4n) is 3.84. The molecule has 2 heterocycles.